The van der Waals surface area contributed by atoms with Crippen LogP contribution in [0.15, 0.2) is 24.3 Å². The average molecular weight is 406 g/mol. The van der Waals surface area contributed by atoms with Gasteiger partial charge in [-0.3, -0.25) is 14.4 Å². The van der Waals surface area contributed by atoms with E-state index in [1.807, 2.05) is 32.0 Å². The SMILES string of the molecule is CC(C)OCCCNC(=O)C(C)NC(=O)C1CSC2c3ccccc3C(=O)N12. The lowest BCUT2D eigenvalue weighted by molar-refractivity contribution is -0.130. The van der Waals surface area contributed by atoms with Crippen molar-refractivity contribution in [2.45, 2.75) is 50.8 Å². The van der Waals surface area contributed by atoms with Crippen LogP contribution < -0.4 is 10.6 Å². The van der Waals surface area contributed by atoms with Gasteiger partial charge >= 0.3 is 0 Å². The van der Waals surface area contributed by atoms with Gasteiger partial charge in [-0.1, -0.05) is 18.2 Å². The fraction of sp³-hybridized carbons (Fsp3) is 0.550. The molecular formula is C20H27N3O4S. The summed E-state index contributed by atoms with van der Waals surface area (Å²) in [6.07, 6.45) is 0.882. The number of carbonyl (C=O) groups excluding carboxylic acids is 3. The van der Waals surface area contributed by atoms with Gasteiger partial charge < -0.3 is 20.3 Å². The first-order valence-corrected chi connectivity index (χ1v) is 10.7. The van der Waals surface area contributed by atoms with Gasteiger partial charge in [-0.15, -0.1) is 11.8 Å². The Kier molecular flexibility index (Phi) is 6.61. The fourth-order valence-corrected chi connectivity index (χ4v) is 4.84. The molecule has 28 heavy (non-hydrogen) atoms. The maximum atomic E-state index is 12.7. The third-order valence-electron chi connectivity index (χ3n) is 4.82. The van der Waals surface area contributed by atoms with Gasteiger partial charge in [-0.05, 0) is 38.8 Å². The Bertz CT molecular complexity index is 755. The van der Waals surface area contributed by atoms with Crippen LogP contribution in [-0.4, -0.2) is 59.7 Å². The Morgan fingerprint density at radius 3 is 2.79 bits per heavy atom. The lowest BCUT2D eigenvalue weighted by atomic mass is 10.1. The molecule has 152 valence electrons. The van der Waals surface area contributed by atoms with E-state index >= 15 is 0 Å². The predicted octanol–water partition coefficient (Wildman–Crippen LogP) is 1.69. The maximum absolute atomic E-state index is 12.7. The topological polar surface area (TPSA) is 87.7 Å². The Balaban J connectivity index is 1.50. The highest BCUT2D eigenvalue weighted by Gasteiger charge is 2.48. The fourth-order valence-electron chi connectivity index (χ4n) is 3.37. The predicted molar refractivity (Wildman–Crippen MR) is 108 cm³/mol. The van der Waals surface area contributed by atoms with Crippen LogP contribution in [0, 0.1) is 0 Å². The standard InChI is InChI=1S/C20H27N3O4S/c1-12(2)27-10-6-9-21-17(24)13(3)22-18(25)16-11-28-20-15-8-5-4-7-14(15)19(26)23(16)20/h4-5,7-8,12-13,16,20H,6,9-11H2,1-3H3,(H,21,24)(H,22,25). The molecule has 3 amide bonds. The molecule has 1 fully saturated rings. The number of amides is 3. The van der Waals surface area contributed by atoms with Gasteiger partial charge in [0.05, 0.1) is 6.10 Å². The summed E-state index contributed by atoms with van der Waals surface area (Å²) in [5.41, 5.74) is 1.62. The van der Waals surface area contributed by atoms with Crippen LogP contribution in [0.3, 0.4) is 0 Å². The number of hydrogen-bond acceptors (Lipinski definition) is 5. The zero-order valence-corrected chi connectivity index (χ0v) is 17.3. The van der Waals surface area contributed by atoms with Gasteiger partial charge in [0.2, 0.25) is 11.8 Å². The molecule has 2 N–H and O–H groups in total. The molecule has 0 aliphatic carbocycles. The lowest BCUT2D eigenvalue weighted by Crippen LogP contribution is -2.52. The minimum Gasteiger partial charge on any atom is -0.379 e. The Morgan fingerprint density at radius 1 is 1.29 bits per heavy atom. The van der Waals surface area contributed by atoms with Gasteiger partial charge in [-0.25, -0.2) is 0 Å². The average Bonchev–Trinajstić information content (AvgIpc) is 3.21. The summed E-state index contributed by atoms with van der Waals surface area (Å²) in [5.74, 6) is -0.122. The number of fused-ring (bicyclic) bond motifs is 3. The monoisotopic (exact) mass is 405 g/mol. The molecule has 1 aromatic rings. The molecule has 2 aliphatic heterocycles. The van der Waals surface area contributed by atoms with Crippen LogP contribution >= 0.6 is 11.8 Å². The molecular weight excluding hydrogens is 378 g/mol. The number of ether oxygens (including phenoxy) is 1. The second-order valence-electron chi connectivity index (χ2n) is 7.30. The van der Waals surface area contributed by atoms with Gasteiger partial charge in [0.1, 0.15) is 17.5 Å². The van der Waals surface area contributed by atoms with Crippen LogP contribution in [0.5, 0.6) is 0 Å². The van der Waals surface area contributed by atoms with Crippen molar-refractivity contribution in [2.75, 3.05) is 18.9 Å². The third kappa shape index (κ3) is 4.33. The highest BCUT2D eigenvalue weighted by atomic mass is 32.2. The third-order valence-corrected chi connectivity index (χ3v) is 6.12. The first kappa shape index (κ1) is 20.7. The molecule has 0 radical (unpaired) electrons. The van der Waals surface area contributed by atoms with Crippen LogP contribution in [0.2, 0.25) is 0 Å². The van der Waals surface area contributed by atoms with Crippen molar-refractivity contribution in [3.8, 4) is 0 Å². The second kappa shape index (κ2) is 8.96. The summed E-state index contributed by atoms with van der Waals surface area (Å²) in [7, 11) is 0. The summed E-state index contributed by atoms with van der Waals surface area (Å²) in [6, 6.07) is 6.24. The number of nitrogens with zero attached hydrogens (tertiary/aromatic N) is 1. The highest BCUT2D eigenvalue weighted by molar-refractivity contribution is 7.99. The van der Waals surface area contributed by atoms with Gasteiger partial charge in [-0.2, -0.15) is 0 Å². The molecule has 8 heteroatoms. The van der Waals surface area contributed by atoms with Crippen molar-refractivity contribution in [3.05, 3.63) is 35.4 Å². The van der Waals surface area contributed by atoms with E-state index in [1.165, 1.54) is 0 Å². The van der Waals surface area contributed by atoms with Crippen LogP contribution in [-0.2, 0) is 14.3 Å². The molecule has 0 aromatic heterocycles. The molecule has 3 atom stereocenters. The zero-order chi connectivity index (χ0) is 20.3. The molecule has 2 aliphatic rings. The van der Waals surface area contributed by atoms with Crippen molar-refractivity contribution in [3.63, 3.8) is 0 Å². The Labute approximate surface area is 169 Å². The first-order valence-electron chi connectivity index (χ1n) is 9.63. The summed E-state index contributed by atoms with van der Waals surface area (Å²) in [5, 5.41) is 5.43. The second-order valence-corrected chi connectivity index (χ2v) is 8.41. The van der Waals surface area contributed by atoms with E-state index in [2.05, 4.69) is 10.6 Å². The first-order chi connectivity index (χ1) is 13.4. The van der Waals surface area contributed by atoms with Crippen molar-refractivity contribution in [1.29, 1.82) is 0 Å². The number of carbonyl (C=O) groups is 3. The minimum atomic E-state index is -0.664. The number of nitrogens with one attached hydrogen (secondary N) is 2. The number of rotatable bonds is 8. The molecule has 0 spiro atoms. The van der Waals surface area contributed by atoms with Crippen molar-refractivity contribution < 1.29 is 19.1 Å². The quantitative estimate of drug-likeness (QED) is 0.643. The van der Waals surface area contributed by atoms with E-state index in [1.54, 1.807) is 29.7 Å². The zero-order valence-electron chi connectivity index (χ0n) is 16.4. The van der Waals surface area contributed by atoms with Gasteiger partial charge in [0.15, 0.2) is 0 Å². The molecule has 3 unspecified atom stereocenters. The van der Waals surface area contributed by atoms with E-state index in [-0.39, 0.29) is 29.2 Å². The number of benzene rings is 1. The molecule has 3 rings (SSSR count). The van der Waals surface area contributed by atoms with Crippen LogP contribution in [0.1, 0.15) is 48.5 Å². The molecule has 1 saturated heterocycles. The van der Waals surface area contributed by atoms with E-state index < -0.39 is 12.1 Å². The Hall–Kier alpha value is -2.06. The normalized spacial score (nSPS) is 21.4. The number of thioether (sulfide) groups is 1. The Morgan fingerprint density at radius 2 is 2.04 bits per heavy atom. The van der Waals surface area contributed by atoms with Crippen molar-refractivity contribution in [1.82, 2.24) is 15.5 Å². The van der Waals surface area contributed by atoms with Crippen molar-refractivity contribution in [2.24, 2.45) is 0 Å². The summed E-state index contributed by atoms with van der Waals surface area (Å²) >= 11 is 1.58. The summed E-state index contributed by atoms with van der Waals surface area (Å²) in [6.45, 7) is 6.65. The summed E-state index contributed by atoms with van der Waals surface area (Å²) in [4.78, 5) is 39.3. The van der Waals surface area contributed by atoms with E-state index in [4.69, 9.17) is 4.74 Å². The molecule has 0 saturated carbocycles. The van der Waals surface area contributed by atoms with E-state index in [0.717, 1.165) is 5.56 Å². The van der Waals surface area contributed by atoms with Crippen molar-refractivity contribution >= 4 is 29.5 Å². The largest absolute Gasteiger partial charge is 0.379 e. The molecule has 0 bridgehead atoms. The smallest absolute Gasteiger partial charge is 0.256 e. The van der Waals surface area contributed by atoms with Crippen LogP contribution in [0.4, 0.5) is 0 Å². The molecule has 7 nitrogen and oxygen atoms in total. The van der Waals surface area contributed by atoms with E-state index in [0.29, 0.717) is 30.9 Å². The minimum absolute atomic E-state index is 0.118. The van der Waals surface area contributed by atoms with Gasteiger partial charge in [0, 0.05) is 24.5 Å². The molecule has 2 heterocycles. The maximum Gasteiger partial charge on any atom is 0.256 e. The number of hydrogen-bond donors (Lipinski definition) is 2. The molecule has 1 aromatic carbocycles. The summed E-state index contributed by atoms with van der Waals surface area (Å²) < 4.78 is 5.43. The van der Waals surface area contributed by atoms with E-state index in [9.17, 15) is 14.4 Å². The lowest BCUT2D eigenvalue weighted by Gasteiger charge is -2.24. The van der Waals surface area contributed by atoms with Gasteiger partial charge in [0.25, 0.3) is 5.91 Å². The highest BCUT2D eigenvalue weighted by Crippen LogP contribution is 2.48. The van der Waals surface area contributed by atoms with Crippen LogP contribution in [0.25, 0.3) is 0 Å².